The zero-order valence-electron chi connectivity index (χ0n) is 16.1. The Morgan fingerprint density at radius 2 is 1.83 bits per heavy atom. The number of aromatic nitrogens is 2. The fraction of sp³-hybridized carbons (Fsp3) is 0.286. The molecule has 1 aromatic heterocycles. The topological polar surface area (TPSA) is 59.2 Å². The second-order valence-electron chi connectivity index (χ2n) is 6.72. The third kappa shape index (κ3) is 5.98. The molecule has 0 fully saturated rings. The number of carbonyl (C=O) groups excluding carboxylic acids is 1. The van der Waals surface area contributed by atoms with E-state index in [1.54, 1.807) is 22.7 Å². The largest absolute Gasteiger partial charge is 0.419 e. The van der Waals surface area contributed by atoms with Gasteiger partial charge in [-0.1, -0.05) is 47.5 Å². The predicted molar refractivity (Wildman–Crippen MR) is 118 cm³/mol. The SMILES string of the molecule is CC(C)N(Cc1nnc(-c2ccccc2Cl)o1)C(=O)CSCc1ccc(Cl)cc1. The highest BCUT2D eigenvalue weighted by atomic mass is 35.5. The van der Waals surface area contributed by atoms with Crippen molar-refractivity contribution in [3.05, 3.63) is 70.0 Å². The molecule has 0 spiro atoms. The van der Waals surface area contributed by atoms with Gasteiger partial charge in [-0.15, -0.1) is 22.0 Å². The van der Waals surface area contributed by atoms with Gasteiger partial charge in [-0.2, -0.15) is 0 Å². The van der Waals surface area contributed by atoms with Crippen LogP contribution in [0.25, 0.3) is 11.5 Å². The van der Waals surface area contributed by atoms with Crippen LogP contribution in [0, 0.1) is 0 Å². The summed E-state index contributed by atoms with van der Waals surface area (Å²) < 4.78 is 5.75. The minimum Gasteiger partial charge on any atom is -0.419 e. The highest BCUT2D eigenvalue weighted by molar-refractivity contribution is 7.99. The molecule has 1 heterocycles. The number of nitrogens with zero attached hydrogens (tertiary/aromatic N) is 3. The molecule has 0 N–H and O–H groups in total. The molecule has 0 atom stereocenters. The summed E-state index contributed by atoms with van der Waals surface area (Å²) in [5.41, 5.74) is 1.80. The molecule has 0 unspecified atom stereocenters. The van der Waals surface area contributed by atoms with E-state index in [1.807, 2.05) is 56.3 Å². The van der Waals surface area contributed by atoms with Crippen LogP contribution in [0.4, 0.5) is 0 Å². The van der Waals surface area contributed by atoms with E-state index < -0.39 is 0 Å². The lowest BCUT2D eigenvalue weighted by atomic mass is 10.2. The number of amides is 1. The first kappa shape index (κ1) is 21.7. The van der Waals surface area contributed by atoms with Crippen molar-refractivity contribution in [2.24, 2.45) is 0 Å². The van der Waals surface area contributed by atoms with E-state index in [1.165, 1.54) is 0 Å². The monoisotopic (exact) mass is 449 g/mol. The summed E-state index contributed by atoms with van der Waals surface area (Å²) in [7, 11) is 0. The van der Waals surface area contributed by atoms with Gasteiger partial charge in [0.15, 0.2) is 0 Å². The van der Waals surface area contributed by atoms with Crippen molar-refractivity contribution in [2.45, 2.75) is 32.2 Å². The molecule has 0 aliphatic rings. The van der Waals surface area contributed by atoms with E-state index in [2.05, 4.69) is 10.2 Å². The van der Waals surface area contributed by atoms with Gasteiger partial charge in [-0.3, -0.25) is 4.79 Å². The lowest BCUT2D eigenvalue weighted by Gasteiger charge is -2.25. The first-order chi connectivity index (χ1) is 13.9. The lowest BCUT2D eigenvalue weighted by Crippen LogP contribution is -2.37. The summed E-state index contributed by atoms with van der Waals surface area (Å²) in [6, 6.07) is 14.9. The van der Waals surface area contributed by atoms with Crippen LogP contribution in [0.5, 0.6) is 0 Å². The van der Waals surface area contributed by atoms with Crippen molar-refractivity contribution in [3.63, 3.8) is 0 Å². The zero-order chi connectivity index (χ0) is 20.8. The van der Waals surface area contributed by atoms with Crippen LogP contribution >= 0.6 is 35.0 Å². The molecule has 5 nitrogen and oxygen atoms in total. The summed E-state index contributed by atoms with van der Waals surface area (Å²) in [5, 5.41) is 9.40. The first-order valence-corrected chi connectivity index (χ1v) is 11.0. The van der Waals surface area contributed by atoms with E-state index in [4.69, 9.17) is 27.6 Å². The maximum Gasteiger partial charge on any atom is 0.249 e. The van der Waals surface area contributed by atoms with Gasteiger partial charge in [0.25, 0.3) is 0 Å². The highest BCUT2D eigenvalue weighted by Crippen LogP contribution is 2.26. The summed E-state index contributed by atoms with van der Waals surface area (Å²) in [6.45, 7) is 4.19. The van der Waals surface area contributed by atoms with Gasteiger partial charge < -0.3 is 9.32 Å². The predicted octanol–water partition coefficient (Wildman–Crippen LogP) is 5.71. The second kappa shape index (κ2) is 10.1. The average molecular weight is 450 g/mol. The smallest absolute Gasteiger partial charge is 0.249 e. The third-order valence-corrected chi connectivity index (χ3v) is 5.80. The molecule has 0 saturated carbocycles. The van der Waals surface area contributed by atoms with Crippen LogP contribution in [-0.4, -0.2) is 32.8 Å². The molecule has 8 heteroatoms. The van der Waals surface area contributed by atoms with Crippen LogP contribution in [0.15, 0.2) is 52.9 Å². The molecular formula is C21H21Cl2N3O2S. The van der Waals surface area contributed by atoms with Gasteiger partial charge in [0.2, 0.25) is 17.7 Å². The Morgan fingerprint density at radius 1 is 1.10 bits per heavy atom. The molecule has 3 aromatic rings. The van der Waals surface area contributed by atoms with Gasteiger partial charge >= 0.3 is 0 Å². The number of hydrogen-bond donors (Lipinski definition) is 0. The van der Waals surface area contributed by atoms with Crippen LogP contribution in [0.2, 0.25) is 10.0 Å². The third-order valence-electron chi connectivity index (χ3n) is 4.23. The zero-order valence-corrected chi connectivity index (χ0v) is 18.5. The van der Waals surface area contributed by atoms with E-state index >= 15 is 0 Å². The van der Waals surface area contributed by atoms with E-state index in [-0.39, 0.29) is 18.5 Å². The number of benzene rings is 2. The van der Waals surface area contributed by atoms with Crippen molar-refractivity contribution < 1.29 is 9.21 Å². The average Bonchev–Trinajstić information content (AvgIpc) is 3.16. The normalized spacial score (nSPS) is 11.1. The van der Waals surface area contributed by atoms with Gasteiger partial charge in [-0.25, -0.2) is 0 Å². The molecule has 2 aromatic carbocycles. The summed E-state index contributed by atoms with van der Waals surface area (Å²) >= 11 is 13.7. The lowest BCUT2D eigenvalue weighted by molar-refractivity contribution is -0.131. The molecule has 1 amide bonds. The quantitative estimate of drug-likeness (QED) is 0.440. The molecule has 0 saturated heterocycles. The fourth-order valence-corrected chi connectivity index (χ4v) is 3.90. The van der Waals surface area contributed by atoms with Gasteiger partial charge in [0.1, 0.15) is 0 Å². The standard InChI is InChI=1S/C21H21Cl2N3O2S/c1-14(2)26(20(27)13-29-12-15-7-9-16(22)10-8-15)11-19-24-25-21(28-19)17-5-3-4-6-18(17)23/h3-10,14H,11-13H2,1-2H3. The van der Waals surface area contributed by atoms with Gasteiger partial charge in [0.05, 0.1) is 22.9 Å². The minimum absolute atomic E-state index is 0.00861. The fourth-order valence-electron chi connectivity index (χ4n) is 2.69. The van der Waals surface area contributed by atoms with Crippen LogP contribution in [-0.2, 0) is 17.1 Å². The number of halogens is 2. The Morgan fingerprint density at radius 3 is 2.52 bits per heavy atom. The van der Waals surface area contributed by atoms with Crippen molar-refractivity contribution in [1.82, 2.24) is 15.1 Å². The number of hydrogen-bond acceptors (Lipinski definition) is 5. The Balaban J connectivity index is 1.60. The van der Waals surface area contributed by atoms with Crippen LogP contribution in [0.3, 0.4) is 0 Å². The van der Waals surface area contributed by atoms with Crippen LogP contribution < -0.4 is 0 Å². The molecule has 0 bridgehead atoms. The van der Waals surface area contributed by atoms with Crippen molar-refractivity contribution in [2.75, 3.05) is 5.75 Å². The summed E-state index contributed by atoms with van der Waals surface area (Å²) in [4.78, 5) is 14.5. The molecule has 0 aliphatic heterocycles. The van der Waals surface area contributed by atoms with Crippen molar-refractivity contribution in [1.29, 1.82) is 0 Å². The Kier molecular flexibility index (Phi) is 7.58. The molecule has 29 heavy (non-hydrogen) atoms. The number of thioether (sulfide) groups is 1. The summed E-state index contributed by atoms with van der Waals surface area (Å²) in [6.07, 6.45) is 0. The Labute approximate surface area is 184 Å². The molecule has 152 valence electrons. The molecular weight excluding hydrogens is 429 g/mol. The van der Waals surface area contributed by atoms with Crippen LogP contribution in [0.1, 0.15) is 25.3 Å². The van der Waals surface area contributed by atoms with Crippen molar-refractivity contribution in [3.8, 4) is 11.5 Å². The van der Waals surface area contributed by atoms with E-state index in [9.17, 15) is 4.79 Å². The second-order valence-corrected chi connectivity index (χ2v) is 8.54. The molecule has 0 radical (unpaired) electrons. The first-order valence-electron chi connectivity index (χ1n) is 9.13. The van der Waals surface area contributed by atoms with Gasteiger partial charge in [0, 0.05) is 16.8 Å². The highest BCUT2D eigenvalue weighted by Gasteiger charge is 2.21. The Bertz CT molecular complexity index is 961. The van der Waals surface area contributed by atoms with E-state index in [0.29, 0.717) is 33.1 Å². The van der Waals surface area contributed by atoms with Gasteiger partial charge in [-0.05, 0) is 43.7 Å². The summed E-state index contributed by atoms with van der Waals surface area (Å²) in [5.74, 6) is 1.86. The Hall–Kier alpha value is -2.02. The molecule has 3 rings (SSSR count). The minimum atomic E-state index is 0.00861. The number of carbonyl (C=O) groups is 1. The van der Waals surface area contributed by atoms with Crippen molar-refractivity contribution >= 4 is 40.9 Å². The van der Waals surface area contributed by atoms with E-state index in [0.717, 1.165) is 11.3 Å². The number of rotatable bonds is 8. The maximum atomic E-state index is 12.7. The molecule has 0 aliphatic carbocycles. The maximum absolute atomic E-state index is 12.7.